The number of thioether (sulfide) groups is 1. The van der Waals surface area contributed by atoms with E-state index in [1.54, 1.807) is 12.1 Å². The number of methoxy groups -OCH3 is 1. The lowest BCUT2D eigenvalue weighted by Gasteiger charge is -2.05. The van der Waals surface area contributed by atoms with E-state index in [4.69, 9.17) is 9.15 Å². The number of hydrogen-bond donors (Lipinski definition) is 2. The van der Waals surface area contributed by atoms with E-state index >= 15 is 0 Å². The first kappa shape index (κ1) is 20.1. The van der Waals surface area contributed by atoms with E-state index in [1.165, 1.54) is 31.4 Å². The fraction of sp³-hybridized carbons (Fsp3) is 0.167. The van der Waals surface area contributed by atoms with Crippen LogP contribution >= 0.6 is 11.8 Å². The van der Waals surface area contributed by atoms with Crippen LogP contribution in [0.1, 0.15) is 18.5 Å². The number of aliphatic carboxylic acids is 1. The minimum atomic E-state index is -1.15. The number of nitro benzene ring substituents is 1. The van der Waals surface area contributed by atoms with Crippen LogP contribution in [-0.2, 0) is 11.2 Å². The van der Waals surface area contributed by atoms with Crippen molar-refractivity contribution in [2.45, 2.75) is 18.5 Å². The summed E-state index contributed by atoms with van der Waals surface area (Å²) in [5, 5.41) is 27.4. The number of carboxylic acids is 1. The minimum Gasteiger partial charge on any atom is -0.496 e. The van der Waals surface area contributed by atoms with E-state index in [9.17, 15) is 20.0 Å². The molecule has 29 heavy (non-hydrogen) atoms. The van der Waals surface area contributed by atoms with Crippen LogP contribution in [0.3, 0.4) is 0 Å². The Morgan fingerprint density at radius 3 is 2.83 bits per heavy atom. The van der Waals surface area contributed by atoms with Gasteiger partial charge < -0.3 is 14.3 Å². The molecule has 11 heteroatoms. The predicted molar refractivity (Wildman–Crippen MR) is 105 cm³/mol. The van der Waals surface area contributed by atoms with Gasteiger partial charge in [-0.25, -0.2) is 9.78 Å². The maximum Gasteiger partial charge on any atom is 0.342 e. The second-order valence-electron chi connectivity index (χ2n) is 5.68. The number of non-ortho nitro benzene ring substituents is 1. The van der Waals surface area contributed by atoms with E-state index in [-0.39, 0.29) is 22.1 Å². The van der Waals surface area contributed by atoms with Crippen LogP contribution < -0.4 is 4.74 Å². The highest BCUT2D eigenvalue weighted by Gasteiger charge is 2.17. The molecule has 0 fully saturated rings. The number of aromatic nitrogens is 3. The average molecular weight is 416 g/mol. The zero-order valence-corrected chi connectivity index (χ0v) is 16.2. The Morgan fingerprint density at radius 2 is 2.21 bits per heavy atom. The summed E-state index contributed by atoms with van der Waals surface area (Å²) in [6.45, 7) is 1.90. The smallest absolute Gasteiger partial charge is 0.342 e. The Morgan fingerprint density at radius 1 is 1.41 bits per heavy atom. The summed E-state index contributed by atoms with van der Waals surface area (Å²) in [6.07, 6.45) is 2.01. The number of benzene rings is 1. The van der Waals surface area contributed by atoms with Crippen LogP contribution in [0, 0.1) is 10.1 Å². The van der Waals surface area contributed by atoms with Crippen molar-refractivity contribution in [3.63, 3.8) is 0 Å². The monoisotopic (exact) mass is 416 g/mol. The molecule has 0 spiro atoms. The summed E-state index contributed by atoms with van der Waals surface area (Å²) in [7, 11) is 1.40. The number of aryl methyl sites for hydroxylation is 1. The number of aromatic amines is 1. The Balaban J connectivity index is 1.89. The molecule has 3 rings (SSSR count). The van der Waals surface area contributed by atoms with Gasteiger partial charge in [-0.15, -0.1) is 5.10 Å². The third kappa shape index (κ3) is 4.63. The van der Waals surface area contributed by atoms with E-state index in [2.05, 4.69) is 15.2 Å². The maximum atomic E-state index is 11.6. The fourth-order valence-electron chi connectivity index (χ4n) is 2.42. The van der Waals surface area contributed by atoms with Gasteiger partial charge in [0.15, 0.2) is 0 Å². The second kappa shape index (κ2) is 8.61. The lowest BCUT2D eigenvalue weighted by atomic mass is 10.1. The molecular weight excluding hydrogens is 400 g/mol. The van der Waals surface area contributed by atoms with Crippen LogP contribution in [0.25, 0.3) is 17.4 Å². The molecule has 2 N–H and O–H groups in total. The molecule has 0 aliphatic rings. The summed E-state index contributed by atoms with van der Waals surface area (Å²) in [4.78, 5) is 26.1. The van der Waals surface area contributed by atoms with E-state index < -0.39 is 10.9 Å². The van der Waals surface area contributed by atoms with Crippen molar-refractivity contribution < 1.29 is 24.0 Å². The maximum absolute atomic E-state index is 11.6. The molecule has 0 aliphatic heterocycles. The first-order chi connectivity index (χ1) is 13.9. The largest absolute Gasteiger partial charge is 0.496 e. The van der Waals surface area contributed by atoms with Gasteiger partial charge in [-0.2, -0.15) is 0 Å². The number of hydrogen-bond acceptors (Lipinski definition) is 8. The Kier molecular flexibility index (Phi) is 5.98. The van der Waals surface area contributed by atoms with Crippen LogP contribution in [0.15, 0.2) is 44.8 Å². The predicted octanol–water partition coefficient (Wildman–Crippen LogP) is 3.76. The van der Waals surface area contributed by atoms with Gasteiger partial charge in [0.25, 0.3) is 5.69 Å². The van der Waals surface area contributed by atoms with Crippen molar-refractivity contribution in [1.82, 2.24) is 15.2 Å². The van der Waals surface area contributed by atoms with Gasteiger partial charge in [-0.1, -0.05) is 6.92 Å². The molecule has 10 nitrogen and oxygen atoms in total. The molecule has 1 aromatic carbocycles. The SMILES string of the molecule is CCc1nc(S/C(=C\c2ccc(-c3ccc([N+](=O)[O-])cc3OC)o2)C(=O)O)n[nH]1. The van der Waals surface area contributed by atoms with E-state index in [0.29, 0.717) is 28.7 Å². The molecule has 2 heterocycles. The second-order valence-corrected chi connectivity index (χ2v) is 6.69. The van der Waals surface area contributed by atoms with Crippen molar-refractivity contribution >= 4 is 29.5 Å². The molecule has 0 radical (unpaired) electrons. The number of carboxylic acid groups (broad SMARTS) is 1. The Labute approximate surface area is 168 Å². The fourth-order valence-corrected chi connectivity index (χ4v) is 3.12. The summed E-state index contributed by atoms with van der Waals surface area (Å²) < 4.78 is 10.9. The highest BCUT2D eigenvalue weighted by molar-refractivity contribution is 8.04. The third-order valence-corrected chi connectivity index (χ3v) is 4.70. The van der Waals surface area contributed by atoms with Crippen molar-refractivity contribution in [2.24, 2.45) is 0 Å². The molecule has 0 unspecified atom stereocenters. The zero-order chi connectivity index (χ0) is 21.0. The molecule has 3 aromatic rings. The quantitative estimate of drug-likeness (QED) is 0.243. The van der Waals surface area contributed by atoms with Crippen LogP contribution in [0.5, 0.6) is 5.75 Å². The number of nitro groups is 1. The standard InChI is InChI=1S/C18H16N4O6S/c1-3-16-19-18(21-20-16)29-15(17(23)24)9-11-5-7-13(28-11)12-6-4-10(22(25)26)8-14(12)27-2/h4-9H,3H2,1-2H3,(H,23,24)(H,19,20,21)/b15-9-. The summed E-state index contributed by atoms with van der Waals surface area (Å²) >= 11 is 0.894. The summed E-state index contributed by atoms with van der Waals surface area (Å²) in [6, 6.07) is 7.36. The summed E-state index contributed by atoms with van der Waals surface area (Å²) in [5.74, 6) is 0.441. The molecule has 0 saturated heterocycles. The van der Waals surface area contributed by atoms with Gasteiger partial charge >= 0.3 is 5.97 Å². The lowest BCUT2D eigenvalue weighted by molar-refractivity contribution is -0.384. The van der Waals surface area contributed by atoms with Crippen molar-refractivity contribution in [2.75, 3.05) is 7.11 Å². The van der Waals surface area contributed by atoms with Crippen LogP contribution in [0.4, 0.5) is 5.69 Å². The van der Waals surface area contributed by atoms with Crippen molar-refractivity contribution in [3.8, 4) is 17.1 Å². The topological polar surface area (TPSA) is 144 Å². The molecule has 0 amide bonds. The Hall–Kier alpha value is -3.60. The van der Waals surface area contributed by atoms with Gasteiger partial charge in [-0.3, -0.25) is 15.2 Å². The van der Waals surface area contributed by atoms with E-state index in [1.807, 2.05) is 6.92 Å². The zero-order valence-electron chi connectivity index (χ0n) is 15.4. The lowest BCUT2D eigenvalue weighted by Crippen LogP contribution is -1.97. The highest BCUT2D eigenvalue weighted by Crippen LogP contribution is 2.35. The van der Waals surface area contributed by atoms with Gasteiger partial charge in [0.05, 0.1) is 23.7 Å². The van der Waals surface area contributed by atoms with Crippen LogP contribution in [-0.4, -0.2) is 38.3 Å². The molecule has 0 aliphatic carbocycles. The normalized spacial score (nSPS) is 11.4. The van der Waals surface area contributed by atoms with Crippen molar-refractivity contribution in [1.29, 1.82) is 0 Å². The average Bonchev–Trinajstić information content (AvgIpc) is 3.36. The summed E-state index contributed by atoms with van der Waals surface area (Å²) in [5.41, 5.74) is 0.392. The number of furan rings is 1. The van der Waals surface area contributed by atoms with Gasteiger partial charge in [0.1, 0.15) is 28.0 Å². The molecule has 0 bridgehead atoms. The highest BCUT2D eigenvalue weighted by atomic mass is 32.2. The van der Waals surface area contributed by atoms with Gasteiger partial charge in [0.2, 0.25) is 5.16 Å². The molecule has 150 valence electrons. The van der Waals surface area contributed by atoms with Crippen LogP contribution in [0.2, 0.25) is 0 Å². The number of H-pyrrole nitrogens is 1. The molecule has 0 saturated carbocycles. The molecule has 0 atom stereocenters. The van der Waals surface area contributed by atoms with Crippen molar-refractivity contribution in [3.05, 3.63) is 56.9 Å². The first-order valence-electron chi connectivity index (χ1n) is 8.38. The number of rotatable bonds is 8. The molecular formula is C18H16N4O6S. The van der Waals surface area contributed by atoms with E-state index in [0.717, 1.165) is 11.8 Å². The Bertz CT molecular complexity index is 1090. The van der Waals surface area contributed by atoms with Gasteiger partial charge in [-0.05, 0) is 30.0 Å². The van der Waals surface area contributed by atoms with Gasteiger partial charge in [0, 0.05) is 18.6 Å². The number of nitrogens with one attached hydrogen (secondary N) is 1. The molecule has 2 aromatic heterocycles. The third-order valence-electron chi connectivity index (χ3n) is 3.82. The first-order valence-corrected chi connectivity index (χ1v) is 9.19. The number of nitrogens with zero attached hydrogens (tertiary/aromatic N) is 3. The number of ether oxygens (including phenoxy) is 1. The minimum absolute atomic E-state index is 0.0248. The number of carbonyl (C=O) groups is 1.